The Hall–Kier alpha value is -3.79. The van der Waals surface area contributed by atoms with Crippen LogP contribution in [0.2, 0.25) is 0 Å². The van der Waals surface area contributed by atoms with Gasteiger partial charge in [-0.25, -0.2) is 9.79 Å². The maximum atomic E-state index is 13.4. The first kappa shape index (κ1) is 27.3. The fourth-order valence-corrected chi connectivity index (χ4v) is 5.31. The number of benzene rings is 1. The van der Waals surface area contributed by atoms with E-state index < -0.39 is 12.0 Å². The molecule has 0 saturated heterocycles. The van der Waals surface area contributed by atoms with Crippen LogP contribution in [0.15, 0.2) is 70.0 Å². The van der Waals surface area contributed by atoms with Gasteiger partial charge in [0.25, 0.3) is 0 Å². The minimum absolute atomic E-state index is 0.120. The number of nitrogens with zero attached hydrogens (tertiary/aromatic N) is 3. The average Bonchev–Trinajstić information content (AvgIpc) is 3.29. The van der Waals surface area contributed by atoms with E-state index in [1.54, 1.807) is 47.3 Å². The molecule has 9 nitrogen and oxygen atoms in total. The van der Waals surface area contributed by atoms with E-state index in [1.165, 1.54) is 11.8 Å². The number of nitrogens with one attached hydrogen (secondary N) is 1. The van der Waals surface area contributed by atoms with E-state index in [1.807, 2.05) is 40.6 Å². The molecule has 1 atom stereocenters. The minimum atomic E-state index is -0.600. The van der Waals surface area contributed by atoms with Crippen LogP contribution in [0.3, 0.4) is 0 Å². The van der Waals surface area contributed by atoms with Crippen LogP contribution in [-0.4, -0.2) is 53.8 Å². The molecule has 0 fully saturated rings. The molecule has 3 heterocycles. The maximum absolute atomic E-state index is 13.4. The normalized spacial score (nSPS) is 16.6. The number of aliphatic imine (C=N–C) groups is 1. The van der Waals surface area contributed by atoms with Crippen LogP contribution < -0.4 is 14.8 Å². The Bertz CT molecular complexity index is 1290. The van der Waals surface area contributed by atoms with Crippen LogP contribution in [0.5, 0.6) is 11.5 Å². The number of thioether (sulfide) groups is 1. The Morgan fingerprint density at radius 3 is 2.66 bits per heavy atom. The molecule has 1 N–H and O–H groups in total. The van der Waals surface area contributed by atoms with E-state index in [-0.39, 0.29) is 18.4 Å². The van der Waals surface area contributed by atoms with Gasteiger partial charge < -0.3 is 24.4 Å². The number of pyridine rings is 1. The molecular weight excluding hydrogens is 504 g/mol. The Morgan fingerprint density at radius 2 is 1.97 bits per heavy atom. The summed E-state index contributed by atoms with van der Waals surface area (Å²) in [7, 11) is 3.16. The molecule has 0 spiro atoms. The van der Waals surface area contributed by atoms with Gasteiger partial charge in [0.15, 0.2) is 5.17 Å². The van der Waals surface area contributed by atoms with Gasteiger partial charge in [0.05, 0.1) is 44.1 Å². The van der Waals surface area contributed by atoms with Gasteiger partial charge in [0.2, 0.25) is 5.91 Å². The third kappa shape index (κ3) is 6.02. The van der Waals surface area contributed by atoms with Crippen molar-refractivity contribution in [1.82, 2.24) is 15.2 Å². The lowest BCUT2D eigenvalue weighted by Gasteiger charge is -2.37. The zero-order chi connectivity index (χ0) is 27.2. The molecule has 4 rings (SSSR count). The van der Waals surface area contributed by atoms with Crippen LogP contribution in [0, 0.1) is 0 Å². The monoisotopic (exact) mass is 536 g/mol. The molecule has 2 aliphatic heterocycles. The molecule has 10 heteroatoms. The smallest absolute Gasteiger partial charge is 0.338 e. The number of esters is 1. The molecule has 0 saturated carbocycles. The van der Waals surface area contributed by atoms with E-state index in [4.69, 9.17) is 19.2 Å². The second kappa shape index (κ2) is 12.2. The lowest BCUT2D eigenvalue weighted by atomic mass is 9.93. The molecule has 200 valence electrons. The molecule has 1 aromatic heterocycles. The highest BCUT2D eigenvalue weighted by Gasteiger charge is 2.42. The van der Waals surface area contributed by atoms with Gasteiger partial charge >= 0.3 is 5.97 Å². The van der Waals surface area contributed by atoms with Crippen LogP contribution in [-0.2, 0) is 20.7 Å². The number of carbonyl (C=O) groups excluding carboxylic acids is 2. The zero-order valence-corrected chi connectivity index (χ0v) is 23.0. The first-order valence-corrected chi connectivity index (χ1v) is 13.2. The van der Waals surface area contributed by atoms with E-state index in [0.717, 1.165) is 17.0 Å². The van der Waals surface area contributed by atoms with Crippen LogP contribution in [0.25, 0.3) is 0 Å². The molecule has 2 aliphatic rings. The quantitative estimate of drug-likeness (QED) is 0.447. The summed E-state index contributed by atoms with van der Waals surface area (Å²) < 4.78 is 16.7. The topological polar surface area (TPSA) is 102 Å². The number of allylic oxidation sites excluding steroid dienone is 1. The van der Waals surface area contributed by atoms with E-state index >= 15 is 0 Å². The van der Waals surface area contributed by atoms with E-state index in [9.17, 15) is 9.59 Å². The molecule has 2 aromatic rings. The number of amides is 1. The number of fused-ring (bicyclic) bond motifs is 1. The van der Waals surface area contributed by atoms with Gasteiger partial charge in [-0.15, -0.1) is 0 Å². The van der Waals surface area contributed by atoms with Crippen molar-refractivity contribution in [2.75, 3.05) is 20.8 Å². The van der Waals surface area contributed by atoms with Crippen LogP contribution >= 0.6 is 11.8 Å². The van der Waals surface area contributed by atoms with Crippen molar-refractivity contribution in [1.29, 1.82) is 0 Å². The Labute approximate surface area is 227 Å². The van der Waals surface area contributed by atoms with Crippen LogP contribution in [0.1, 0.15) is 44.5 Å². The first-order chi connectivity index (χ1) is 18.3. The predicted octanol–water partition coefficient (Wildman–Crippen LogP) is 4.37. The van der Waals surface area contributed by atoms with Gasteiger partial charge in [0.1, 0.15) is 11.5 Å². The van der Waals surface area contributed by atoms with Crippen molar-refractivity contribution >= 4 is 28.8 Å². The van der Waals surface area contributed by atoms with Crippen LogP contribution in [0.4, 0.5) is 0 Å². The first-order valence-electron chi connectivity index (χ1n) is 12.4. The van der Waals surface area contributed by atoms with Crippen molar-refractivity contribution < 1.29 is 23.8 Å². The third-order valence-electron chi connectivity index (χ3n) is 6.07. The van der Waals surface area contributed by atoms with Gasteiger partial charge in [-0.05, 0) is 50.4 Å². The highest BCUT2D eigenvalue weighted by molar-refractivity contribution is 8.16. The minimum Gasteiger partial charge on any atom is -0.497 e. The number of carbonyl (C=O) groups is 2. The van der Waals surface area contributed by atoms with Gasteiger partial charge in [-0.1, -0.05) is 17.8 Å². The fraction of sp³-hybridized carbons (Fsp3) is 0.357. The Kier molecular flexibility index (Phi) is 8.73. The largest absolute Gasteiger partial charge is 0.497 e. The summed E-state index contributed by atoms with van der Waals surface area (Å²) in [6, 6.07) is 10.6. The fourth-order valence-electron chi connectivity index (χ4n) is 4.35. The molecule has 0 aliphatic carbocycles. The highest BCUT2D eigenvalue weighted by atomic mass is 32.2. The number of amidine groups is 1. The van der Waals surface area contributed by atoms with Crippen molar-refractivity contribution in [2.24, 2.45) is 4.99 Å². The van der Waals surface area contributed by atoms with E-state index in [0.29, 0.717) is 40.9 Å². The summed E-state index contributed by atoms with van der Waals surface area (Å²) in [5.74, 6) is 0.585. The average molecular weight is 537 g/mol. The third-order valence-corrected chi connectivity index (χ3v) is 6.96. The molecule has 1 amide bonds. The number of aromatic nitrogens is 1. The summed E-state index contributed by atoms with van der Waals surface area (Å²) in [6.07, 6.45) is 2.18. The SMILES string of the molecule is COc1ccc(C2C(C(=O)OC(C)C)=C(C)N=C3SC=C(CC(=O)NCCc4ccccn4)N32)c(OC)c1. The van der Waals surface area contributed by atoms with E-state index in [2.05, 4.69) is 10.3 Å². The maximum Gasteiger partial charge on any atom is 0.338 e. The second-order valence-electron chi connectivity index (χ2n) is 9.05. The predicted molar refractivity (Wildman–Crippen MR) is 147 cm³/mol. The second-order valence-corrected chi connectivity index (χ2v) is 9.89. The summed E-state index contributed by atoms with van der Waals surface area (Å²) >= 11 is 1.42. The van der Waals surface area contributed by atoms with Crippen molar-refractivity contribution in [2.45, 2.75) is 45.8 Å². The number of hydrogen-bond acceptors (Lipinski definition) is 9. The van der Waals surface area contributed by atoms with Gasteiger partial charge in [-0.2, -0.15) is 0 Å². The number of methoxy groups -OCH3 is 2. The lowest BCUT2D eigenvalue weighted by Crippen LogP contribution is -2.38. The molecular formula is C28H32N4O5S. The number of rotatable bonds is 10. The Balaban J connectivity index is 1.63. The number of ether oxygens (including phenoxy) is 3. The Morgan fingerprint density at radius 1 is 1.16 bits per heavy atom. The lowest BCUT2D eigenvalue weighted by molar-refractivity contribution is -0.143. The molecule has 38 heavy (non-hydrogen) atoms. The highest BCUT2D eigenvalue weighted by Crippen LogP contribution is 2.47. The summed E-state index contributed by atoms with van der Waals surface area (Å²) in [5.41, 5.74) is 3.34. The number of hydrogen-bond donors (Lipinski definition) is 1. The molecule has 0 radical (unpaired) electrons. The molecule has 0 bridgehead atoms. The summed E-state index contributed by atoms with van der Waals surface area (Å²) in [4.78, 5) is 37.2. The molecule has 1 aromatic carbocycles. The summed E-state index contributed by atoms with van der Waals surface area (Å²) in [6.45, 7) is 5.88. The van der Waals surface area contributed by atoms with Crippen molar-refractivity contribution in [3.05, 3.63) is 76.2 Å². The standard InChI is InChI=1S/C28H32N4O5S/c1-17(2)37-27(34)25-18(3)31-28-32(26(25)22-10-9-21(35-4)15-23(22)36-5)20(16-38-28)14-24(33)30-13-11-19-8-6-7-12-29-19/h6-10,12,15-17,26H,11,13-14H2,1-5H3,(H,30,33). The summed E-state index contributed by atoms with van der Waals surface area (Å²) in [5, 5.41) is 5.56. The van der Waals surface area contributed by atoms with Crippen molar-refractivity contribution in [3.8, 4) is 11.5 Å². The van der Waals surface area contributed by atoms with Crippen molar-refractivity contribution in [3.63, 3.8) is 0 Å². The molecule has 1 unspecified atom stereocenters. The zero-order valence-electron chi connectivity index (χ0n) is 22.2. The van der Waals surface area contributed by atoms with Gasteiger partial charge in [0, 0.05) is 42.2 Å². The van der Waals surface area contributed by atoms with Gasteiger partial charge in [-0.3, -0.25) is 9.78 Å².